The van der Waals surface area contributed by atoms with Gasteiger partial charge in [0.05, 0.1) is 5.69 Å². The molecule has 2 rings (SSSR count). The molecule has 0 atom stereocenters. The van der Waals surface area contributed by atoms with Crippen molar-refractivity contribution in [1.29, 1.82) is 0 Å². The molecule has 0 saturated heterocycles. The quantitative estimate of drug-likeness (QED) is 0.900. The molecule has 1 aliphatic rings. The lowest BCUT2D eigenvalue weighted by Gasteiger charge is -2.19. The van der Waals surface area contributed by atoms with Crippen LogP contribution < -0.4 is 5.32 Å². The van der Waals surface area contributed by atoms with Gasteiger partial charge in [-0.1, -0.05) is 57.8 Å². The molecule has 1 fully saturated rings. The molecule has 0 radical (unpaired) electrons. The summed E-state index contributed by atoms with van der Waals surface area (Å²) in [5.41, 5.74) is 1.21. The monoisotopic (exact) mass is 291 g/mol. The Balaban J connectivity index is 1.67. The molecule has 0 amide bonds. The number of nitrogens with one attached hydrogen (secondary N) is 1. The van der Waals surface area contributed by atoms with Crippen LogP contribution in [0.4, 0.5) is 0 Å². The van der Waals surface area contributed by atoms with E-state index in [9.17, 15) is 0 Å². The van der Waals surface area contributed by atoms with E-state index in [4.69, 9.17) is 0 Å². The van der Waals surface area contributed by atoms with Crippen LogP contribution in [0.2, 0.25) is 0 Å². The van der Waals surface area contributed by atoms with Gasteiger partial charge in [-0.3, -0.25) is 4.68 Å². The van der Waals surface area contributed by atoms with Crippen molar-refractivity contribution in [3.63, 3.8) is 0 Å². The largest absolute Gasteiger partial charge is 0.314 e. The highest BCUT2D eigenvalue weighted by atomic mass is 15.2. The molecule has 1 N–H and O–H groups in total. The van der Waals surface area contributed by atoms with E-state index in [-0.39, 0.29) is 0 Å². The number of nitrogens with zero attached hydrogens (tertiary/aromatic N) is 2. The minimum atomic E-state index is 0.730. The molecule has 0 aliphatic heterocycles. The Morgan fingerprint density at radius 3 is 2.10 bits per heavy atom. The first kappa shape index (κ1) is 16.5. The van der Waals surface area contributed by atoms with Crippen molar-refractivity contribution in [2.24, 2.45) is 7.05 Å². The zero-order chi connectivity index (χ0) is 14.8. The van der Waals surface area contributed by atoms with Crippen LogP contribution in [0.15, 0.2) is 12.3 Å². The number of hydrogen-bond acceptors (Lipinski definition) is 2. The lowest BCUT2D eigenvalue weighted by atomic mass is 9.98. The lowest BCUT2D eigenvalue weighted by Crippen LogP contribution is -2.31. The second-order valence-electron chi connectivity index (χ2n) is 6.64. The molecule has 0 aromatic carbocycles. The number of aromatic nitrogens is 2. The Morgan fingerprint density at radius 1 is 1.00 bits per heavy atom. The van der Waals surface area contributed by atoms with E-state index >= 15 is 0 Å². The second kappa shape index (κ2) is 9.99. The predicted octanol–water partition coefficient (Wildman–Crippen LogP) is 4.23. The van der Waals surface area contributed by atoms with E-state index in [1.165, 1.54) is 76.3 Å². The zero-order valence-electron chi connectivity index (χ0n) is 13.8. The van der Waals surface area contributed by atoms with Gasteiger partial charge in [0.2, 0.25) is 0 Å². The number of rotatable bonds is 4. The van der Waals surface area contributed by atoms with E-state index in [1.54, 1.807) is 0 Å². The number of aryl methyl sites for hydroxylation is 1. The van der Waals surface area contributed by atoms with Gasteiger partial charge in [-0.05, 0) is 18.9 Å². The molecule has 1 heterocycles. The van der Waals surface area contributed by atoms with E-state index in [0.29, 0.717) is 0 Å². The molecule has 1 saturated carbocycles. The molecular weight excluding hydrogens is 258 g/mol. The van der Waals surface area contributed by atoms with Gasteiger partial charge in [0, 0.05) is 32.3 Å². The van der Waals surface area contributed by atoms with Crippen LogP contribution >= 0.6 is 0 Å². The molecule has 1 aromatic heterocycles. The summed E-state index contributed by atoms with van der Waals surface area (Å²) in [7, 11) is 1.99. The van der Waals surface area contributed by atoms with Gasteiger partial charge in [0.15, 0.2) is 0 Å². The maximum absolute atomic E-state index is 4.45. The van der Waals surface area contributed by atoms with Crippen molar-refractivity contribution in [3.05, 3.63) is 18.0 Å². The van der Waals surface area contributed by atoms with Crippen molar-refractivity contribution in [1.82, 2.24) is 15.1 Å². The normalized spacial score (nSPS) is 19.9. The topological polar surface area (TPSA) is 29.9 Å². The minimum absolute atomic E-state index is 0.730. The molecular formula is C18H33N3. The van der Waals surface area contributed by atoms with Gasteiger partial charge in [-0.15, -0.1) is 0 Å². The van der Waals surface area contributed by atoms with Crippen LogP contribution in [0, 0.1) is 0 Å². The van der Waals surface area contributed by atoms with Crippen LogP contribution in [-0.2, 0) is 13.5 Å². The zero-order valence-corrected chi connectivity index (χ0v) is 13.8. The third-order valence-corrected chi connectivity index (χ3v) is 4.69. The fourth-order valence-corrected chi connectivity index (χ4v) is 3.37. The summed E-state index contributed by atoms with van der Waals surface area (Å²) in [5.74, 6) is 0. The first-order chi connectivity index (χ1) is 10.3. The van der Waals surface area contributed by atoms with Crippen molar-refractivity contribution in [3.8, 4) is 0 Å². The summed E-state index contributed by atoms with van der Waals surface area (Å²) in [6, 6.07) is 2.86. The molecule has 1 aromatic rings. The van der Waals surface area contributed by atoms with Crippen molar-refractivity contribution in [2.75, 3.05) is 6.54 Å². The highest BCUT2D eigenvalue weighted by Gasteiger charge is 2.09. The van der Waals surface area contributed by atoms with E-state index in [2.05, 4.69) is 16.5 Å². The van der Waals surface area contributed by atoms with Gasteiger partial charge in [-0.2, -0.15) is 5.10 Å². The average Bonchev–Trinajstić information content (AvgIpc) is 2.87. The molecule has 21 heavy (non-hydrogen) atoms. The van der Waals surface area contributed by atoms with E-state index in [1.807, 2.05) is 17.9 Å². The highest BCUT2D eigenvalue weighted by molar-refractivity contribution is 4.99. The Labute approximate surface area is 130 Å². The van der Waals surface area contributed by atoms with Crippen LogP contribution in [0.3, 0.4) is 0 Å². The summed E-state index contributed by atoms with van der Waals surface area (Å²) in [4.78, 5) is 0. The summed E-state index contributed by atoms with van der Waals surface area (Å²) in [6.45, 7) is 1.07. The molecule has 3 nitrogen and oxygen atoms in total. The second-order valence-corrected chi connectivity index (χ2v) is 6.64. The summed E-state index contributed by atoms with van der Waals surface area (Å²) in [5, 5.41) is 8.24. The maximum Gasteiger partial charge on any atom is 0.0637 e. The van der Waals surface area contributed by atoms with Crippen LogP contribution in [-0.4, -0.2) is 22.4 Å². The third-order valence-electron chi connectivity index (χ3n) is 4.69. The third kappa shape index (κ3) is 7.12. The predicted molar refractivity (Wildman–Crippen MR) is 89.5 cm³/mol. The average molecular weight is 291 g/mol. The van der Waals surface area contributed by atoms with Crippen LogP contribution in [0.5, 0.6) is 0 Å². The summed E-state index contributed by atoms with van der Waals surface area (Å²) >= 11 is 0. The molecule has 0 spiro atoms. The number of hydrogen-bond donors (Lipinski definition) is 1. The van der Waals surface area contributed by atoms with Crippen molar-refractivity contribution in [2.45, 2.75) is 83.1 Å². The molecule has 1 aliphatic carbocycles. The van der Waals surface area contributed by atoms with Crippen molar-refractivity contribution >= 4 is 0 Å². The van der Waals surface area contributed by atoms with Gasteiger partial charge in [0.1, 0.15) is 0 Å². The standard InChI is InChI=1S/C18H33N3/c1-21-16-14-18(20-21)13-15-19-17-11-9-7-5-3-2-4-6-8-10-12-17/h14,16-17,19H,2-13,15H2,1H3. The van der Waals surface area contributed by atoms with Crippen LogP contribution in [0.1, 0.15) is 76.3 Å². The Morgan fingerprint density at radius 2 is 1.57 bits per heavy atom. The van der Waals surface area contributed by atoms with Gasteiger partial charge in [-0.25, -0.2) is 0 Å². The first-order valence-corrected chi connectivity index (χ1v) is 9.06. The molecule has 0 unspecified atom stereocenters. The fourth-order valence-electron chi connectivity index (χ4n) is 3.37. The summed E-state index contributed by atoms with van der Waals surface area (Å²) in [6.07, 6.45) is 18.7. The molecule has 0 bridgehead atoms. The van der Waals surface area contributed by atoms with E-state index in [0.717, 1.165) is 19.0 Å². The Kier molecular flexibility index (Phi) is 7.87. The molecule has 3 heteroatoms. The van der Waals surface area contributed by atoms with Crippen LogP contribution in [0.25, 0.3) is 0 Å². The fraction of sp³-hybridized carbons (Fsp3) is 0.833. The molecule has 120 valence electrons. The van der Waals surface area contributed by atoms with Crippen molar-refractivity contribution < 1.29 is 0 Å². The van der Waals surface area contributed by atoms with E-state index < -0.39 is 0 Å². The van der Waals surface area contributed by atoms with Gasteiger partial charge >= 0.3 is 0 Å². The van der Waals surface area contributed by atoms with Gasteiger partial charge in [0.25, 0.3) is 0 Å². The smallest absolute Gasteiger partial charge is 0.0637 e. The minimum Gasteiger partial charge on any atom is -0.314 e. The highest BCUT2D eigenvalue weighted by Crippen LogP contribution is 2.16. The lowest BCUT2D eigenvalue weighted by molar-refractivity contribution is 0.405. The maximum atomic E-state index is 4.45. The summed E-state index contributed by atoms with van der Waals surface area (Å²) < 4.78 is 1.89. The van der Waals surface area contributed by atoms with Gasteiger partial charge < -0.3 is 5.32 Å². The SMILES string of the molecule is Cn1ccc(CCNC2CCCCCCCCCCC2)n1. The Bertz CT molecular complexity index is 360. The Hall–Kier alpha value is -0.830. The first-order valence-electron chi connectivity index (χ1n) is 9.06.